The lowest BCUT2D eigenvalue weighted by atomic mass is 10.3. The predicted octanol–water partition coefficient (Wildman–Crippen LogP) is 3.60. The van der Waals surface area contributed by atoms with E-state index in [0.717, 1.165) is 11.4 Å². The van der Waals surface area contributed by atoms with E-state index in [1.807, 2.05) is 24.7 Å². The molecule has 0 atom stereocenters. The average molecular weight is 313 g/mol. The molecule has 7 heteroatoms. The molecule has 0 saturated heterocycles. The lowest BCUT2D eigenvalue weighted by molar-refractivity contribution is 0.629. The van der Waals surface area contributed by atoms with Crippen LogP contribution in [0.25, 0.3) is 16.7 Å². The molecular formula is C13H11Cl2FN4. The quantitative estimate of drug-likeness (QED) is 0.678. The minimum atomic E-state index is -0.483. The number of rotatable bonds is 2. The normalized spacial score (nSPS) is 11.4. The number of benzene rings is 1. The van der Waals surface area contributed by atoms with Gasteiger partial charge in [0.1, 0.15) is 11.6 Å². The zero-order valence-electron chi connectivity index (χ0n) is 10.9. The molecule has 0 N–H and O–H groups in total. The van der Waals surface area contributed by atoms with E-state index in [1.165, 1.54) is 12.1 Å². The van der Waals surface area contributed by atoms with Gasteiger partial charge in [0.15, 0.2) is 0 Å². The highest BCUT2D eigenvalue weighted by atomic mass is 35.5. The van der Waals surface area contributed by atoms with Gasteiger partial charge < -0.3 is 0 Å². The van der Waals surface area contributed by atoms with Crippen molar-refractivity contribution in [2.45, 2.75) is 12.8 Å². The number of alkyl halides is 1. The van der Waals surface area contributed by atoms with Crippen LogP contribution in [0.15, 0.2) is 18.3 Å². The average Bonchev–Trinajstić information content (AvgIpc) is 2.89. The lowest BCUT2D eigenvalue weighted by Gasteiger charge is -2.06. The van der Waals surface area contributed by atoms with Crippen molar-refractivity contribution in [1.82, 2.24) is 19.3 Å². The second kappa shape index (κ2) is 4.75. The maximum atomic E-state index is 13.7. The number of imidazole rings is 1. The van der Waals surface area contributed by atoms with Gasteiger partial charge in [0.25, 0.3) is 0 Å². The monoisotopic (exact) mass is 312 g/mol. The largest absolute Gasteiger partial charge is 0.292 e. The highest BCUT2D eigenvalue weighted by Gasteiger charge is 2.17. The molecule has 20 heavy (non-hydrogen) atoms. The Hall–Kier alpha value is -1.59. The highest BCUT2D eigenvalue weighted by Crippen LogP contribution is 2.28. The second-order valence-corrected chi connectivity index (χ2v) is 5.20. The first kappa shape index (κ1) is 13.4. The standard InChI is InChI=1S/C13H11Cl2FN4/c1-7-12(6-19(2)18-7)20-11-4-9(16)8(15)3-10(11)17-13(20)5-14/h3-4,6H,5H2,1-2H3. The van der Waals surface area contributed by atoms with E-state index in [9.17, 15) is 4.39 Å². The van der Waals surface area contributed by atoms with Crippen LogP contribution in [0.3, 0.4) is 0 Å². The van der Waals surface area contributed by atoms with Gasteiger partial charge in [-0.2, -0.15) is 5.10 Å². The fraction of sp³-hybridized carbons (Fsp3) is 0.231. The number of aromatic nitrogens is 4. The Labute approximate surface area is 124 Å². The summed E-state index contributed by atoms with van der Waals surface area (Å²) in [7, 11) is 1.83. The van der Waals surface area contributed by atoms with E-state index in [1.54, 1.807) is 4.68 Å². The van der Waals surface area contributed by atoms with Crippen LogP contribution in [0.5, 0.6) is 0 Å². The smallest absolute Gasteiger partial charge is 0.144 e. The van der Waals surface area contributed by atoms with Crippen molar-refractivity contribution < 1.29 is 4.39 Å². The topological polar surface area (TPSA) is 35.6 Å². The Morgan fingerprint density at radius 3 is 2.70 bits per heavy atom. The first-order valence-corrected chi connectivity index (χ1v) is 6.85. The Kier molecular flexibility index (Phi) is 3.18. The van der Waals surface area contributed by atoms with Crippen LogP contribution < -0.4 is 0 Å². The van der Waals surface area contributed by atoms with Gasteiger partial charge in [0, 0.05) is 19.3 Å². The van der Waals surface area contributed by atoms with Gasteiger partial charge in [-0.3, -0.25) is 9.25 Å². The van der Waals surface area contributed by atoms with Crippen molar-refractivity contribution >= 4 is 34.2 Å². The lowest BCUT2D eigenvalue weighted by Crippen LogP contribution is -2.00. The fourth-order valence-corrected chi connectivity index (χ4v) is 2.62. The molecule has 0 aliphatic carbocycles. The summed E-state index contributed by atoms with van der Waals surface area (Å²) < 4.78 is 17.2. The minimum absolute atomic E-state index is 0.0474. The van der Waals surface area contributed by atoms with E-state index >= 15 is 0 Å². The summed E-state index contributed by atoms with van der Waals surface area (Å²) in [5, 5.41) is 4.34. The van der Waals surface area contributed by atoms with Crippen LogP contribution in [0.1, 0.15) is 11.5 Å². The molecule has 0 aliphatic heterocycles. The number of fused-ring (bicyclic) bond motifs is 1. The Morgan fingerprint density at radius 2 is 2.10 bits per heavy atom. The van der Waals surface area contributed by atoms with Crippen LogP contribution in [0.4, 0.5) is 4.39 Å². The van der Waals surface area contributed by atoms with Gasteiger partial charge >= 0.3 is 0 Å². The summed E-state index contributed by atoms with van der Waals surface area (Å²) in [6.07, 6.45) is 1.85. The molecule has 2 aromatic heterocycles. The molecule has 0 fully saturated rings. The molecule has 0 bridgehead atoms. The van der Waals surface area contributed by atoms with E-state index in [4.69, 9.17) is 23.2 Å². The van der Waals surface area contributed by atoms with Crippen LogP contribution >= 0.6 is 23.2 Å². The molecule has 4 nitrogen and oxygen atoms in total. The number of hydrogen-bond acceptors (Lipinski definition) is 2. The van der Waals surface area contributed by atoms with Gasteiger partial charge in [-0.25, -0.2) is 9.37 Å². The second-order valence-electron chi connectivity index (χ2n) is 4.53. The van der Waals surface area contributed by atoms with Crippen LogP contribution in [-0.2, 0) is 12.9 Å². The molecule has 3 rings (SSSR count). The van der Waals surface area contributed by atoms with Crippen LogP contribution in [0, 0.1) is 12.7 Å². The molecule has 1 aromatic carbocycles. The first-order valence-electron chi connectivity index (χ1n) is 5.94. The van der Waals surface area contributed by atoms with Gasteiger partial charge in [-0.1, -0.05) is 11.6 Å². The van der Waals surface area contributed by atoms with Crippen molar-refractivity contribution in [2.75, 3.05) is 0 Å². The van der Waals surface area contributed by atoms with E-state index in [2.05, 4.69) is 10.1 Å². The Morgan fingerprint density at radius 1 is 1.35 bits per heavy atom. The summed E-state index contributed by atoms with van der Waals surface area (Å²) in [6.45, 7) is 1.88. The molecule has 0 aliphatic rings. The van der Waals surface area contributed by atoms with Crippen molar-refractivity contribution in [1.29, 1.82) is 0 Å². The molecule has 0 radical (unpaired) electrons. The number of aryl methyl sites for hydroxylation is 2. The number of halogens is 3. The van der Waals surface area contributed by atoms with Gasteiger partial charge in [0.05, 0.1) is 33.3 Å². The third kappa shape index (κ3) is 1.98. The highest BCUT2D eigenvalue weighted by molar-refractivity contribution is 6.31. The maximum absolute atomic E-state index is 13.7. The maximum Gasteiger partial charge on any atom is 0.144 e. The molecule has 104 valence electrons. The number of nitrogens with zero attached hydrogens (tertiary/aromatic N) is 4. The van der Waals surface area contributed by atoms with E-state index in [0.29, 0.717) is 16.9 Å². The minimum Gasteiger partial charge on any atom is -0.292 e. The molecule has 0 amide bonds. The third-order valence-corrected chi connectivity index (χ3v) is 3.64. The first-order chi connectivity index (χ1) is 9.51. The predicted molar refractivity (Wildman–Crippen MR) is 77.1 cm³/mol. The van der Waals surface area contributed by atoms with Gasteiger partial charge in [0.2, 0.25) is 0 Å². The number of hydrogen-bond donors (Lipinski definition) is 0. The molecule has 0 unspecified atom stereocenters. The van der Waals surface area contributed by atoms with E-state index in [-0.39, 0.29) is 10.9 Å². The van der Waals surface area contributed by atoms with Crippen LogP contribution in [0.2, 0.25) is 5.02 Å². The van der Waals surface area contributed by atoms with Gasteiger partial charge in [-0.15, -0.1) is 11.6 Å². The summed E-state index contributed by atoms with van der Waals surface area (Å²) in [5.74, 6) is 0.352. The van der Waals surface area contributed by atoms with Crippen molar-refractivity contribution in [3.63, 3.8) is 0 Å². The molecule has 3 aromatic rings. The zero-order chi connectivity index (χ0) is 14.4. The van der Waals surface area contributed by atoms with Crippen LogP contribution in [-0.4, -0.2) is 19.3 Å². The Balaban J connectivity index is 2.38. The van der Waals surface area contributed by atoms with Crippen molar-refractivity contribution in [3.05, 3.63) is 40.7 Å². The molecule has 0 spiro atoms. The fourth-order valence-electron chi connectivity index (χ4n) is 2.29. The Bertz CT molecular complexity index is 806. The summed E-state index contributed by atoms with van der Waals surface area (Å²) in [6, 6.07) is 2.87. The molecular weight excluding hydrogens is 302 g/mol. The van der Waals surface area contributed by atoms with E-state index < -0.39 is 5.82 Å². The van der Waals surface area contributed by atoms with Crippen molar-refractivity contribution in [3.8, 4) is 5.69 Å². The SMILES string of the molecule is Cc1nn(C)cc1-n1c(CCl)nc2cc(Cl)c(F)cc21. The summed E-state index contributed by atoms with van der Waals surface area (Å²) in [5.41, 5.74) is 2.87. The summed E-state index contributed by atoms with van der Waals surface area (Å²) >= 11 is 11.8. The zero-order valence-corrected chi connectivity index (χ0v) is 12.4. The van der Waals surface area contributed by atoms with Gasteiger partial charge in [-0.05, 0) is 13.0 Å². The van der Waals surface area contributed by atoms with Crippen molar-refractivity contribution in [2.24, 2.45) is 7.05 Å². The third-order valence-electron chi connectivity index (χ3n) is 3.11. The molecule has 2 heterocycles. The molecule has 0 saturated carbocycles. The summed E-state index contributed by atoms with van der Waals surface area (Å²) in [4.78, 5) is 4.40.